The number of anilines is 1. The number of hydrogen-bond donors (Lipinski definition) is 1. The molecule has 0 fully saturated rings. The van der Waals surface area contributed by atoms with Crippen molar-refractivity contribution in [3.05, 3.63) is 105 Å². The van der Waals surface area contributed by atoms with Gasteiger partial charge in [0.1, 0.15) is 18.2 Å². The van der Waals surface area contributed by atoms with Crippen molar-refractivity contribution in [3.8, 4) is 17.6 Å². The van der Waals surface area contributed by atoms with E-state index in [4.69, 9.17) is 9.47 Å². The molecule has 4 aromatic rings. The molecule has 174 valence electrons. The summed E-state index contributed by atoms with van der Waals surface area (Å²) in [6, 6.07) is 29.1. The quantitative estimate of drug-likeness (QED) is 0.140. The topological polar surface area (TPSA) is 71.3 Å². The first kappa shape index (κ1) is 24.3. The molecule has 0 saturated carbocycles. The zero-order valence-electron chi connectivity index (χ0n) is 19.1. The molecule has 0 aromatic heterocycles. The molecule has 4 rings (SSSR count). The maximum absolute atomic E-state index is 12.6. The summed E-state index contributed by atoms with van der Waals surface area (Å²) in [6.07, 6.45) is 1.54. The lowest BCUT2D eigenvalue weighted by Crippen LogP contribution is -2.13. The molecule has 1 N–H and O–H groups in total. The Hall–Kier alpha value is -3.83. The Morgan fingerprint density at radius 1 is 0.971 bits per heavy atom. The number of nitriles is 1. The van der Waals surface area contributed by atoms with Gasteiger partial charge >= 0.3 is 0 Å². The van der Waals surface area contributed by atoms with E-state index in [2.05, 4.69) is 46.1 Å². The van der Waals surface area contributed by atoms with Crippen LogP contribution in [0.3, 0.4) is 0 Å². The van der Waals surface area contributed by atoms with Gasteiger partial charge in [0.2, 0.25) is 0 Å². The normalized spacial score (nSPS) is 11.1. The van der Waals surface area contributed by atoms with Crippen molar-refractivity contribution in [2.45, 2.75) is 13.5 Å². The molecule has 0 unspecified atom stereocenters. The lowest BCUT2D eigenvalue weighted by atomic mass is 10.1. The highest BCUT2D eigenvalue weighted by molar-refractivity contribution is 14.1. The van der Waals surface area contributed by atoms with Gasteiger partial charge in [-0.15, -0.1) is 0 Å². The van der Waals surface area contributed by atoms with Gasteiger partial charge in [-0.2, -0.15) is 5.26 Å². The van der Waals surface area contributed by atoms with Gasteiger partial charge < -0.3 is 14.8 Å². The third kappa shape index (κ3) is 6.19. The molecule has 1 amide bonds. The van der Waals surface area contributed by atoms with Gasteiger partial charge in [0.15, 0.2) is 11.5 Å². The van der Waals surface area contributed by atoms with Crippen LogP contribution < -0.4 is 14.8 Å². The van der Waals surface area contributed by atoms with Crippen molar-refractivity contribution in [2.75, 3.05) is 11.9 Å². The van der Waals surface area contributed by atoms with Crippen molar-refractivity contribution in [3.63, 3.8) is 0 Å². The summed E-state index contributed by atoms with van der Waals surface area (Å²) in [5.41, 5.74) is 2.37. The second kappa shape index (κ2) is 11.5. The van der Waals surface area contributed by atoms with E-state index in [0.717, 1.165) is 19.9 Å². The van der Waals surface area contributed by atoms with Gasteiger partial charge in [-0.25, -0.2) is 0 Å². The third-order valence-electron chi connectivity index (χ3n) is 5.31. The monoisotopic (exact) mass is 574 g/mol. The average molecular weight is 574 g/mol. The van der Waals surface area contributed by atoms with E-state index < -0.39 is 5.91 Å². The van der Waals surface area contributed by atoms with E-state index in [9.17, 15) is 10.1 Å². The van der Waals surface area contributed by atoms with Gasteiger partial charge in [0.05, 0.1) is 6.61 Å². The van der Waals surface area contributed by atoms with Crippen LogP contribution in [0.25, 0.3) is 16.8 Å². The third-order valence-corrected chi connectivity index (χ3v) is 6.03. The zero-order chi connectivity index (χ0) is 24.6. The number of nitrogens with one attached hydrogen (secondary N) is 1. The van der Waals surface area contributed by atoms with Gasteiger partial charge in [-0.05, 0) is 93.9 Å². The smallest absolute Gasteiger partial charge is 0.266 e. The molecule has 35 heavy (non-hydrogen) atoms. The first-order chi connectivity index (χ1) is 17.1. The van der Waals surface area contributed by atoms with Crippen LogP contribution in [-0.4, -0.2) is 12.5 Å². The number of rotatable bonds is 8. The Labute approximate surface area is 218 Å². The van der Waals surface area contributed by atoms with Crippen LogP contribution in [0, 0.1) is 14.9 Å². The summed E-state index contributed by atoms with van der Waals surface area (Å²) in [5, 5.41) is 14.6. The fraction of sp³-hybridized carbons (Fsp3) is 0.103. The summed E-state index contributed by atoms with van der Waals surface area (Å²) >= 11 is 2.19. The number of amides is 1. The van der Waals surface area contributed by atoms with Crippen molar-refractivity contribution in [1.82, 2.24) is 0 Å². The molecular weight excluding hydrogens is 551 g/mol. The van der Waals surface area contributed by atoms with Gasteiger partial charge in [-0.1, -0.05) is 48.5 Å². The van der Waals surface area contributed by atoms with E-state index in [0.29, 0.717) is 36.0 Å². The molecule has 5 nitrogen and oxygen atoms in total. The SMILES string of the molecule is CCOc1cc(/C=C(/C#N)C(=O)Nc2ccc(I)cc2)ccc1OCc1cccc2ccccc12. The number of hydrogen-bond acceptors (Lipinski definition) is 4. The molecule has 0 aliphatic heterocycles. The van der Waals surface area contributed by atoms with Crippen LogP contribution >= 0.6 is 22.6 Å². The Kier molecular flexibility index (Phi) is 8.01. The van der Waals surface area contributed by atoms with Crippen LogP contribution in [0.1, 0.15) is 18.1 Å². The van der Waals surface area contributed by atoms with Crippen LogP contribution in [0.5, 0.6) is 11.5 Å². The van der Waals surface area contributed by atoms with Gasteiger partial charge in [0.25, 0.3) is 5.91 Å². The molecule has 0 aliphatic rings. The molecule has 0 saturated heterocycles. The number of benzene rings is 4. The Bertz CT molecular complexity index is 1420. The van der Waals surface area contributed by atoms with Crippen molar-refractivity contribution >= 4 is 51.0 Å². The largest absolute Gasteiger partial charge is 0.490 e. The standard InChI is InChI=1S/C29H23IN2O3/c1-2-34-28-17-20(16-23(18-31)29(33)32-25-13-11-24(30)12-14-25)10-15-27(28)35-19-22-8-5-7-21-6-3-4-9-26(21)22/h3-17H,2,19H2,1H3,(H,32,33)/b23-16-. The van der Waals surface area contributed by atoms with Crippen LogP contribution in [0.15, 0.2) is 90.5 Å². The van der Waals surface area contributed by atoms with E-state index in [1.54, 1.807) is 36.4 Å². The zero-order valence-corrected chi connectivity index (χ0v) is 21.3. The molecule has 0 atom stereocenters. The minimum Gasteiger partial charge on any atom is -0.490 e. The maximum atomic E-state index is 12.6. The number of ether oxygens (including phenoxy) is 2. The summed E-state index contributed by atoms with van der Waals surface area (Å²) < 4.78 is 13.0. The highest BCUT2D eigenvalue weighted by Crippen LogP contribution is 2.31. The van der Waals surface area contributed by atoms with Gasteiger partial charge in [0, 0.05) is 9.26 Å². The van der Waals surface area contributed by atoms with Crippen LogP contribution in [0.2, 0.25) is 0 Å². The second-order valence-electron chi connectivity index (χ2n) is 7.70. The van der Waals surface area contributed by atoms with Crippen molar-refractivity contribution in [1.29, 1.82) is 5.26 Å². The molecule has 0 radical (unpaired) electrons. The average Bonchev–Trinajstić information content (AvgIpc) is 2.88. The molecule has 4 aromatic carbocycles. The molecule has 0 bridgehead atoms. The highest BCUT2D eigenvalue weighted by Gasteiger charge is 2.12. The van der Waals surface area contributed by atoms with Gasteiger partial charge in [-0.3, -0.25) is 4.79 Å². The summed E-state index contributed by atoms with van der Waals surface area (Å²) in [7, 11) is 0. The highest BCUT2D eigenvalue weighted by atomic mass is 127. The molecule has 0 spiro atoms. The number of carbonyl (C=O) groups is 1. The second-order valence-corrected chi connectivity index (χ2v) is 8.94. The minimum absolute atomic E-state index is 0.00424. The van der Waals surface area contributed by atoms with Crippen molar-refractivity contribution in [2.24, 2.45) is 0 Å². The minimum atomic E-state index is -0.469. The van der Waals surface area contributed by atoms with E-state index in [-0.39, 0.29) is 5.57 Å². The molecular formula is C29H23IN2O3. The van der Waals surface area contributed by atoms with E-state index in [1.165, 1.54) is 0 Å². The Morgan fingerprint density at radius 3 is 2.51 bits per heavy atom. The van der Waals surface area contributed by atoms with Crippen LogP contribution in [-0.2, 0) is 11.4 Å². The number of carbonyl (C=O) groups excluding carboxylic acids is 1. The number of nitrogens with zero attached hydrogens (tertiary/aromatic N) is 1. The molecule has 0 aliphatic carbocycles. The van der Waals surface area contributed by atoms with E-state index in [1.807, 2.05) is 49.4 Å². The predicted molar refractivity (Wildman–Crippen MR) is 147 cm³/mol. The fourth-order valence-corrected chi connectivity index (χ4v) is 3.98. The Balaban J connectivity index is 1.53. The van der Waals surface area contributed by atoms with Crippen molar-refractivity contribution < 1.29 is 14.3 Å². The molecule has 0 heterocycles. The first-order valence-electron chi connectivity index (χ1n) is 11.1. The number of halogens is 1. The lowest BCUT2D eigenvalue weighted by Gasteiger charge is -2.14. The van der Waals surface area contributed by atoms with Crippen LogP contribution in [0.4, 0.5) is 5.69 Å². The summed E-state index contributed by atoms with van der Waals surface area (Å²) in [4.78, 5) is 12.6. The fourth-order valence-electron chi connectivity index (χ4n) is 3.62. The summed E-state index contributed by atoms with van der Waals surface area (Å²) in [6.45, 7) is 2.74. The van der Waals surface area contributed by atoms with E-state index >= 15 is 0 Å². The first-order valence-corrected chi connectivity index (χ1v) is 12.2. The predicted octanol–water partition coefficient (Wildman–Crippen LogP) is 6.97. The molecule has 6 heteroatoms. The maximum Gasteiger partial charge on any atom is 0.266 e. The summed E-state index contributed by atoms with van der Waals surface area (Å²) in [5.74, 6) is 0.679. The lowest BCUT2D eigenvalue weighted by molar-refractivity contribution is -0.112. The number of fused-ring (bicyclic) bond motifs is 1. The Morgan fingerprint density at radius 2 is 1.74 bits per heavy atom.